The number of nitrogens with one attached hydrogen (secondary N) is 1. The van der Waals surface area contributed by atoms with E-state index in [1.807, 2.05) is 33.3 Å². The summed E-state index contributed by atoms with van der Waals surface area (Å²) in [7, 11) is 1.16. The SMILES string of the molecule is CC/C=C\C/C=C\C/C=C\C/C=C\C/C=C\C/C=C\CCCCCCCCC(=O)OC(/C=C/CCCCCCCCCCCC)C(COP(=O)([O-])OCC[N+](C)(C)C)NC(=O)CCCCCCCCCCC/C=C\C/C=C\C/C=C\C/C=C\CCCCC. The van der Waals surface area contributed by atoms with E-state index in [0.29, 0.717) is 23.9 Å². The van der Waals surface area contributed by atoms with Crippen LogP contribution in [0.5, 0.6) is 0 Å². The number of allylic oxidation sites excluding steroid dienone is 21. The van der Waals surface area contributed by atoms with Gasteiger partial charge >= 0.3 is 5.97 Å². The summed E-state index contributed by atoms with van der Waals surface area (Å²) >= 11 is 0. The quantitative estimate of drug-likeness (QED) is 0.0212. The average molecular weight is 1240 g/mol. The van der Waals surface area contributed by atoms with Crippen molar-refractivity contribution >= 4 is 19.7 Å². The molecule has 0 bridgehead atoms. The lowest BCUT2D eigenvalue weighted by atomic mass is 10.0. The molecular weight excluding hydrogens is 1110 g/mol. The molecule has 0 heterocycles. The second-order valence-electron chi connectivity index (χ2n) is 25.0. The minimum atomic E-state index is -4.72. The third-order valence-electron chi connectivity index (χ3n) is 15.3. The molecule has 0 fully saturated rings. The second kappa shape index (κ2) is 66.1. The molecule has 0 saturated heterocycles. The van der Waals surface area contributed by atoms with Gasteiger partial charge in [0.15, 0.2) is 0 Å². The molecule has 0 aliphatic carbocycles. The van der Waals surface area contributed by atoms with Gasteiger partial charge in [0.25, 0.3) is 7.82 Å². The number of quaternary nitrogens is 1. The normalized spacial score (nSPS) is 14.3. The lowest BCUT2D eigenvalue weighted by molar-refractivity contribution is -0.870. The third kappa shape index (κ3) is 66.6. The molecule has 0 aliphatic heterocycles. The maximum absolute atomic E-state index is 13.6. The van der Waals surface area contributed by atoms with Gasteiger partial charge in [0.2, 0.25) is 5.91 Å². The Morgan fingerprint density at radius 1 is 0.409 bits per heavy atom. The number of carbonyl (C=O) groups is 2. The van der Waals surface area contributed by atoms with E-state index in [4.69, 9.17) is 13.8 Å². The highest BCUT2D eigenvalue weighted by atomic mass is 31.2. The fourth-order valence-corrected chi connectivity index (χ4v) is 10.5. The molecule has 0 aliphatic rings. The Hall–Kier alpha value is -3.85. The molecule has 0 rings (SSSR count). The van der Waals surface area contributed by atoms with Crippen LogP contribution in [0.1, 0.15) is 297 Å². The van der Waals surface area contributed by atoms with Gasteiger partial charge in [0, 0.05) is 12.8 Å². The number of rotatable bonds is 64. The lowest BCUT2D eigenvalue weighted by Crippen LogP contribution is -2.47. The molecule has 0 radical (unpaired) electrons. The molecule has 504 valence electrons. The van der Waals surface area contributed by atoms with Crippen molar-refractivity contribution in [3.8, 4) is 0 Å². The van der Waals surface area contributed by atoms with Crippen LogP contribution in [-0.2, 0) is 27.9 Å². The first kappa shape index (κ1) is 84.2. The summed E-state index contributed by atoms with van der Waals surface area (Å²) in [5, 5.41) is 3.03. The molecule has 0 aromatic carbocycles. The Balaban J connectivity index is 5.13. The highest BCUT2D eigenvalue weighted by molar-refractivity contribution is 7.45. The number of hydrogen-bond donors (Lipinski definition) is 1. The van der Waals surface area contributed by atoms with Crippen molar-refractivity contribution in [3.63, 3.8) is 0 Å². The summed E-state index contributed by atoms with van der Waals surface area (Å²) in [4.78, 5) is 40.2. The first-order chi connectivity index (χ1) is 42.9. The smallest absolute Gasteiger partial charge is 0.306 e. The van der Waals surface area contributed by atoms with E-state index in [2.05, 4.69) is 148 Å². The fourth-order valence-electron chi connectivity index (χ4n) is 9.80. The van der Waals surface area contributed by atoms with Crippen LogP contribution in [0.15, 0.2) is 134 Å². The zero-order chi connectivity index (χ0) is 64.2. The molecule has 3 atom stereocenters. The molecule has 88 heavy (non-hydrogen) atoms. The van der Waals surface area contributed by atoms with Crippen LogP contribution >= 0.6 is 7.82 Å². The molecule has 0 spiro atoms. The van der Waals surface area contributed by atoms with Crippen molar-refractivity contribution in [1.29, 1.82) is 0 Å². The predicted molar refractivity (Wildman–Crippen MR) is 380 cm³/mol. The van der Waals surface area contributed by atoms with Crippen LogP contribution in [0.25, 0.3) is 0 Å². The molecule has 10 heteroatoms. The number of nitrogens with zero attached hydrogens (tertiary/aromatic N) is 1. The molecule has 0 aromatic heterocycles. The standard InChI is InChI=1S/C78H135N2O7P/c1-7-10-13-16-19-22-25-28-30-32-34-36-38-40-42-44-46-48-50-52-55-58-61-64-67-70-77(81)79-75(74-86-88(83,84)85-73-72-80(4,5)6)76(69-66-63-60-57-54-27-24-21-18-15-12-9-3)87-78(82)71-68-65-62-59-56-53-51-49-47-45-43-41-39-37-35-33-31-29-26-23-20-17-14-11-8-2/h11,14,19-20,22-23,28-31,34-37,40-43,47,49,66,69,75-76H,7-10,12-13,15-18,21,24-27,32-33,38-39,44-46,48,50-65,67-68,70-74H2,1-6H3,(H-,79,81,83,84)/b14-11-,22-19-,23-20-,30-28-,31-29-,36-34-,37-35-,42-40-,43-41-,49-47-,69-66+. The number of unbranched alkanes of at least 4 members (excludes halogenated alkanes) is 28. The van der Waals surface area contributed by atoms with E-state index in [1.54, 1.807) is 0 Å². The van der Waals surface area contributed by atoms with Gasteiger partial charge in [-0.2, -0.15) is 0 Å². The van der Waals surface area contributed by atoms with E-state index in [1.165, 1.54) is 109 Å². The maximum Gasteiger partial charge on any atom is 0.306 e. The van der Waals surface area contributed by atoms with E-state index >= 15 is 0 Å². The molecule has 3 unspecified atom stereocenters. The van der Waals surface area contributed by atoms with Gasteiger partial charge in [-0.1, -0.05) is 290 Å². The van der Waals surface area contributed by atoms with Crippen molar-refractivity contribution in [2.45, 2.75) is 309 Å². The molecule has 0 saturated carbocycles. The molecule has 9 nitrogen and oxygen atoms in total. The first-order valence-electron chi connectivity index (χ1n) is 36.0. The number of likely N-dealkylation sites (N-methyl/N-ethyl adjacent to an activating group) is 1. The molecule has 1 amide bonds. The van der Waals surface area contributed by atoms with Gasteiger partial charge in [0.1, 0.15) is 19.3 Å². The Morgan fingerprint density at radius 2 is 0.727 bits per heavy atom. The van der Waals surface area contributed by atoms with Gasteiger partial charge in [0.05, 0.1) is 33.8 Å². The monoisotopic (exact) mass is 1240 g/mol. The van der Waals surface area contributed by atoms with Gasteiger partial charge < -0.3 is 28.5 Å². The van der Waals surface area contributed by atoms with Gasteiger partial charge in [-0.05, 0) is 128 Å². The molecular formula is C78H135N2O7P. The Kier molecular flexibility index (Phi) is 63.2. The van der Waals surface area contributed by atoms with E-state index in [0.717, 1.165) is 148 Å². The van der Waals surface area contributed by atoms with Crippen molar-refractivity contribution in [2.24, 2.45) is 0 Å². The highest BCUT2D eigenvalue weighted by Gasteiger charge is 2.27. The lowest BCUT2D eigenvalue weighted by Gasteiger charge is -2.30. The highest BCUT2D eigenvalue weighted by Crippen LogP contribution is 2.38. The number of amides is 1. The van der Waals surface area contributed by atoms with E-state index < -0.39 is 26.6 Å². The summed E-state index contributed by atoms with van der Waals surface area (Å²) in [6, 6.07) is -0.909. The van der Waals surface area contributed by atoms with Crippen molar-refractivity contribution in [2.75, 3.05) is 40.9 Å². The van der Waals surface area contributed by atoms with Crippen molar-refractivity contribution in [1.82, 2.24) is 5.32 Å². The minimum absolute atomic E-state index is 0.0330. The van der Waals surface area contributed by atoms with Crippen molar-refractivity contribution in [3.05, 3.63) is 134 Å². The van der Waals surface area contributed by atoms with Crippen LogP contribution in [0, 0.1) is 0 Å². The number of ether oxygens (including phenoxy) is 1. The maximum atomic E-state index is 13.6. The summed E-state index contributed by atoms with van der Waals surface area (Å²) in [5.41, 5.74) is 0. The van der Waals surface area contributed by atoms with Crippen LogP contribution < -0.4 is 10.2 Å². The number of phosphoric ester groups is 1. The summed E-state index contributed by atoms with van der Waals surface area (Å²) in [6.07, 6.45) is 94.2. The van der Waals surface area contributed by atoms with Crippen LogP contribution in [-0.4, -0.2) is 69.4 Å². The predicted octanol–water partition coefficient (Wildman–Crippen LogP) is 22.5. The first-order valence-corrected chi connectivity index (χ1v) is 37.5. The summed E-state index contributed by atoms with van der Waals surface area (Å²) in [6.45, 7) is 6.69. The summed E-state index contributed by atoms with van der Waals surface area (Å²) < 4.78 is 30.4. The average Bonchev–Trinajstić information content (AvgIpc) is 3.52. The van der Waals surface area contributed by atoms with E-state index in [-0.39, 0.29) is 24.9 Å². The Bertz CT molecular complexity index is 1970. The molecule has 1 N–H and O–H groups in total. The van der Waals surface area contributed by atoms with Crippen molar-refractivity contribution < 1.29 is 37.3 Å². The number of carbonyl (C=O) groups excluding carboxylic acids is 2. The molecule has 0 aromatic rings. The summed E-state index contributed by atoms with van der Waals surface area (Å²) in [5.74, 6) is -0.569. The topological polar surface area (TPSA) is 114 Å². The Morgan fingerprint density at radius 3 is 1.11 bits per heavy atom. The zero-order valence-electron chi connectivity index (χ0n) is 57.6. The number of phosphoric acid groups is 1. The largest absolute Gasteiger partial charge is 0.756 e. The van der Waals surface area contributed by atoms with Crippen LogP contribution in [0.3, 0.4) is 0 Å². The van der Waals surface area contributed by atoms with Gasteiger partial charge in [-0.3, -0.25) is 14.2 Å². The van der Waals surface area contributed by atoms with Crippen LogP contribution in [0.2, 0.25) is 0 Å². The Labute approximate surface area is 543 Å². The second-order valence-corrected chi connectivity index (χ2v) is 26.4. The van der Waals surface area contributed by atoms with Crippen LogP contribution in [0.4, 0.5) is 0 Å². The third-order valence-corrected chi connectivity index (χ3v) is 16.3. The zero-order valence-corrected chi connectivity index (χ0v) is 58.5. The van der Waals surface area contributed by atoms with E-state index in [9.17, 15) is 19.0 Å². The van der Waals surface area contributed by atoms with Gasteiger partial charge in [-0.15, -0.1) is 0 Å². The number of hydrogen-bond acceptors (Lipinski definition) is 7. The fraction of sp³-hybridized carbons (Fsp3) is 0.692. The number of esters is 1. The van der Waals surface area contributed by atoms with Gasteiger partial charge in [-0.25, -0.2) is 0 Å². The minimum Gasteiger partial charge on any atom is -0.756 e.